The van der Waals surface area contributed by atoms with Crippen molar-refractivity contribution in [3.63, 3.8) is 0 Å². The Morgan fingerprint density at radius 1 is 1.21 bits per heavy atom. The summed E-state index contributed by atoms with van der Waals surface area (Å²) in [5, 5.41) is 22.9. The number of thioether (sulfide) groups is 1. The maximum Gasteiger partial charge on any atom is 0.284 e. The van der Waals surface area contributed by atoms with Crippen LogP contribution in [0, 0.1) is 10.1 Å². The van der Waals surface area contributed by atoms with Crippen molar-refractivity contribution in [3.05, 3.63) is 80.9 Å². The molecule has 10 nitrogen and oxygen atoms in total. The first-order chi connectivity index (χ1) is 16.3. The first-order valence-corrected chi connectivity index (χ1v) is 10.6. The maximum absolute atomic E-state index is 12.7. The summed E-state index contributed by atoms with van der Waals surface area (Å²) >= 11 is 1.09. The number of aliphatic imine (C=N–C) groups is 1. The zero-order valence-electron chi connectivity index (χ0n) is 17.9. The quantitative estimate of drug-likeness (QED) is 0.298. The van der Waals surface area contributed by atoms with Gasteiger partial charge >= 0.3 is 0 Å². The Morgan fingerprint density at radius 3 is 2.71 bits per heavy atom. The lowest BCUT2D eigenvalue weighted by molar-refractivity contribution is -0.384. The Bertz CT molecular complexity index is 1380. The summed E-state index contributed by atoms with van der Waals surface area (Å²) in [4.78, 5) is 40.7. The lowest BCUT2D eigenvalue weighted by Gasteiger charge is -2.08. The number of carboxylic acids is 1. The van der Waals surface area contributed by atoms with Crippen LogP contribution in [0.2, 0.25) is 0 Å². The van der Waals surface area contributed by atoms with Gasteiger partial charge in [0, 0.05) is 13.1 Å². The Hall–Kier alpha value is -4.38. The number of benzene rings is 2. The Morgan fingerprint density at radius 2 is 2.00 bits per heavy atom. The van der Waals surface area contributed by atoms with E-state index < -0.39 is 10.9 Å². The highest BCUT2D eigenvalue weighted by molar-refractivity contribution is 8.18. The van der Waals surface area contributed by atoms with Gasteiger partial charge in [0.05, 0.1) is 40.2 Å². The van der Waals surface area contributed by atoms with Crippen molar-refractivity contribution in [2.45, 2.75) is 0 Å². The highest BCUT2D eigenvalue weighted by atomic mass is 32.2. The van der Waals surface area contributed by atoms with E-state index in [0.29, 0.717) is 27.3 Å². The number of carbonyl (C=O) groups is 2. The number of nitro groups is 1. The van der Waals surface area contributed by atoms with E-state index in [4.69, 9.17) is 9.15 Å². The monoisotopic (exact) mass is 478 g/mol. The number of ether oxygens (including phenoxy) is 1. The number of aromatic carboxylic acids is 1. The van der Waals surface area contributed by atoms with Crippen molar-refractivity contribution in [2.75, 3.05) is 14.2 Å². The molecule has 0 unspecified atom stereocenters. The van der Waals surface area contributed by atoms with E-state index in [0.717, 1.165) is 11.8 Å². The number of rotatable bonds is 6. The van der Waals surface area contributed by atoms with Crippen LogP contribution in [0.5, 0.6) is 5.75 Å². The fourth-order valence-electron chi connectivity index (χ4n) is 3.17. The summed E-state index contributed by atoms with van der Waals surface area (Å²) in [6.07, 6.45) is 1.52. The van der Waals surface area contributed by atoms with Crippen LogP contribution in [0.1, 0.15) is 16.1 Å². The van der Waals surface area contributed by atoms with Crippen LogP contribution >= 0.6 is 11.8 Å². The van der Waals surface area contributed by atoms with Gasteiger partial charge in [-0.3, -0.25) is 19.8 Å². The van der Waals surface area contributed by atoms with Crippen LogP contribution in [0.25, 0.3) is 17.4 Å². The lowest BCUT2D eigenvalue weighted by atomic mass is 10.1. The van der Waals surface area contributed by atoms with Crippen molar-refractivity contribution in [1.82, 2.24) is 4.90 Å². The highest BCUT2D eigenvalue weighted by Gasteiger charge is 2.31. The molecule has 0 bridgehead atoms. The minimum absolute atomic E-state index is 0.0228. The number of furan rings is 1. The van der Waals surface area contributed by atoms with Crippen molar-refractivity contribution >= 4 is 46.3 Å². The van der Waals surface area contributed by atoms with Crippen molar-refractivity contribution < 1.29 is 28.8 Å². The molecule has 0 aliphatic carbocycles. The zero-order valence-corrected chi connectivity index (χ0v) is 18.7. The van der Waals surface area contributed by atoms with Gasteiger partial charge in [-0.15, -0.1) is 0 Å². The number of nitro benzene ring substituents is 1. The van der Waals surface area contributed by atoms with E-state index in [-0.39, 0.29) is 28.5 Å². The van der Waals surface area contributed by atoms with Crippen LogP contribution < -0.4 is 9.84 Å². The molecule has 0 spiro atoms. The number of amides is 1. The van der Waals surface area contributed by atoms with E-state index in [9.17, 15) is 24.8 Å². The molecule has 1 fully saturated rings. The number of methoxy groups -OCH3 is 1. The van der Waals surface area contributed by atoms with E-state index >= 15 is 0 Å². The van der Waals surface area contributed by atoms with E-state index in [1.54, 1.807) is 31.3 Å². The molecule has 0 radical (unpaired) electrons. The predicted octanol–water partition coefficient (Wildman–Crippen LogP) is 3.46. The Labute approximate surface area is 197 Å². The number of amidine groups is 1. The molecule has 2 heterocycles. The first kappa shape index (κ1) is 22.8. The molecule has 0 N–H and O–H groups in total. The van der Waals surface area contributed by atoms with Gasteiger partial charge in [0.2, 0.25) is 0 Å². The third kappa shape index (κ3) is 4.55. The molecule has 4 rings (SSSR count). The number of hydrogen-bond acceptors (Lipinski definition) is 9. The van der Waals surface area contributed by atoms with E-state index in [2.05, 4.69) is 4.99 Å². The van der Waals surface area contributed by atoms with Gasteiger partial charge in [-0.05, 0) is 53.7 Å². The number of carboxylic acid groups (broad SMARTS) is 1. The molecular formula is C23H16N3O7S-. The smallest absolute Gasteiger partial charge is 0.284 e. The van der Waals surface area contributed by atoms with Gasteiger partial charge in [-0.2, -0.15) is 0 Å². The minimum Gasteiger partial charge on any atom is -0.545 e. The van der Waals surface area contributed by atoms with Crippen LogP contribution in [0.15, 0.2) is 68.9 Å². The minimum atomic E-state index is -1.32. The Kier molecular flexibility index (Phi) is 6.19. The van der Waals surface area contributed by atoms with Crippen LogP contribution in [0.4, 0.5) is 11.4 Å². The molecule has 2 aromatic carbocycles. The van der Waals surface area contributed by atoms with Crippen molar-refractivity contribution in [2.24, 2.45) is 4.99 Å². The van der Waals surface area contributed by atoms with Crippen LogP contribution in [-0.2, 0) is 4.79 Å². The molecule has 1 aliphatic rings. The number of hydrogen-bond donors (Lipinski definition) is 0. The molecule has 172 valence electrons. The third-order valence-electron chi connectivity index (χ3n) is 4.88. The fraction of sp³-hybridized carbons (Fsp3) is 0.0870. The number of carbonyl (C=O) groups excluding carboxylic acids is 2. The normalized spacial score (nSPS) is 15.8. The average molecular weight is 478 g/mol. The Balaban J connectivity index is 1.62. The highest BCUT2D eigenvalue weighted by Crippen LogP contribution is 2.37. The SMILES string of the molecule is COc1ccc(-c2ccc(/C=C3/SC(=Nc4cccc(C(=O)[O-])c4)N(C)C3=O)o2)c([N+](=O)[O-])c1. The van der Waals surface area contributed by atoms with Gasteiger partial charge in [-0.1, -0.05) is 12.1 Å². The van der Waals surface area contributed by atoms with Crippen LogP contribution in [0.3, 0.4) is 0 Å². The molecule has 1 saturated heterocycles. The van der Waals surface area contributed by atoms with E-state index in [1.807, 2.05) is 0 Å². The topological polar surface area (TPSA) is 138 Å². The number of likely N-dealkylation sites (N-methyl/N-ethyl adjacent to an activating group) is 1. The molecule has 34 heavy (non-hydrogen) atoms. The maximum atomic E-state index is 12.7. The van der Waals surface area contributed by atoms with Gasteiger partial charge in [0.1, 0.15) is 17.3 Å². The summed E-state index contributed by atoms with van der Waals surface area (Å²) in [5.41, 5.74) is 0.433. The molecule has 0 atom stereocenters. The second-order valence-corrected chi connectivity index (χ2v) is 8.06. The summed E-state index contributed by atoms with van der Waals surface area (Å²) in [5.74, 6) is -0.718. The van der Waals surface area contributed by atoms with Gasteiger partial charge in [-0.25, -0.2) is 4.99 Å². The van der Waals surface area contributed by atoms with Gasteiger partial charge in [0.15, 0.2) is 5.17 Å². The standard InChI is InChI=1S/C23H17N3O7S/c1-25-21(27)20(34-23(25)24-14-5-3-4-13(10-14)22(28)29)12-16-7-9-19(33-16)17-8-6-15(32-2)11-18(17)26(30)31/h3-12H,1-2H3,(H,28,29)/p-1/b20-12+,24-23?. The molecule has 1 amide bonds. The molecule has 11 heteroatoms. The second-order valence-electron chi connectivity index (χ2n) is 7.05. The summed E-state index contributed by atoms with van der Waals surface area (Å²) in [6, 6.07) is 13.5. The second kappa shape index (κ2) is 9.24. The van der Waals surface area contributed by atoms with Crippen molar-refractivity contribution in [1.29, 1.82) is 0 Å². The molecule has 0 saturated carbocycles. The summed E-state index contributed by atoms with van der Waals surface area (Å²) in [6.45, 7) is 0. The molecule has 3 aromatic rings. The molecular weight excluding hydrogens is 462 g/mol. The zero-order chi connectivity index (χ0) is 24.4. The predicted molar refractivity (Wildman–Crippen MR) is 124 cm³/mol. The number of nitrogens with zero attached hydrogens (tertiary/aromatic N) is 3. The average Bonchev–Trinajstić information content (AvgIpc) is 3.39. The lowest BCUT2D eigenvalue weighted by Crippen LogP contribution is -2.23. The summed E-state index contributed by atoms with van der Waals surface area (Å²) < 4.78 is 10.8. The van der Waals surface area contributed by atoms with Gasteiger partial charge < -0.3 is 19.1 Å². The largest absolute Gasteiger partial charge is 0.545 e. The van der Waals surface area contributed by atoms with Gasteiger partial charge in [0.25, 0.3) is 11.6 Å². The third-order valence-corrected chi connectivity index (χ3v) is 5.94. The molecule has 1 aromatic heterocycles. The summed E-state index contributed by atoms with van der Waals surface area (Å²) in [7, 11) is 2.97. The molecule has 1 aliphatic heterocycles. The fourth-order valence-corrected chi connectivity index (χ4v) is 4.13. The van der Waals surface area contributed by atoms with E-state index in [1.165, 1.54) is 48.4 Å². The first-order valence-electron chi connectivity index (χ1n) is 9.77. The van der Waals surface area contributed by atoms with Crippen molar-refractivity contribution in [3.8, 4) is 17.1 Å². The van der Waals surface area contributed by atoms with Crippen LogP contribution in [-0.4, -0.2) is 41.0 Å².